The highest BCUT2D eigenvalue weighted by Gasteiger charge is 2.70. The third kappa shape index (κ3) is 3.70. The van der Waals surface area contributed by atoms with Gasteiger partial charge < -0.3 is 15.8 Å². The summed E-state index contributed by atoms with van der Waals surface area (Å²) >= 11 is 0. The lowest BCUT2D eigenvalue weighted by atomic mass is 10.1. The molecule has 134 valence electrons. The molecule has 1 amide bonds. The van der Waals surface area contributed by atoms with E-state index in [-0.39, 0.29) is 6.54 Å². The van der Waals surface area contributed by atoms with Gasteiger partial charge in [0, 0.05) is 18.7 Å². The normalized spacial score (nSPS) is 26.8. The molecule has 1 aromatic rings. The van der Waals surface area contributed by atoms with Crippen LogP contribution in [0.1, 0.15) is 32.3 Å². The lowest BCUT2D eigenvalue weighted by molar-refractivity contribution is 0.0497. The van der Waals surface area contributed by atoms with Gasteiger partial charge >= 0.3 is 6.09 Å². The molecule has 2 rings (SSSR count). The Kier molecular flexibility index (Phi) is 4.67. The highest BCUT2D eigenvalue weighted by Crippen LogP contribution is 2.55. The molecule has 0 heterocycles. The second-order valence-corrected chi connectivity index (χ2v) is 9.32. The topological polar surface area (TPSA) is 98.5 Å². The number of benzene rings is 1. The van der Waals surface area contributed by atoms with Crippen LogP contribution >= 0.6 is 0 Å². The summed E-state index contributed by atoms with van der Waals surface area (Å²) in [6.45, 7) is 5.05. The minimum Gasteiger partial charge on any atom is -0.444 e. The van der Waals surface area contributed by atoms with E-state index < -0.39 is 44.1 Å². The van der Waals surface area contributed by atoms with Crippen molar-refractivity contribution in [3.05, 3.63) is 35.6 Å². The number of rotatable bonds is 4. The van der Waals surface area contributed by atoms with E-state index in [0.717, 1.165) is 6.26 Å². The summed E-state index contributed by atoms with van der Waals surface area (Å²) < 4.78 is 42.7. The molecule has 6 nitrogen and oxygen atoms in total. The molecule has 0 aliphatic heterocycles. The van der Waals surface area contributed by atoms with Crippen molar-refractivity contribution in [3.63, 3.8) is 0 Å². The monoisotopic (exact) mass is 358 g/mol. The first kappa shape index (κ1) is 18.7. The molecule has 1 aliphatic rings. The Hall–Kier alpha value is -1.67. The smallest absolute Gasteiger partial charge is 0.408 e. The van der Waals surface area contributed by atoms with Crippen LogP contribution in [0.15, 0.2) is 24.3 Å². The second kappa shape index (κ2) is 6.00. The van der Waals surface area contributed by atoms with Gasteiger partial charge in [-0.2, -0.15) is 0 Å². The first-order valence-corrected chi connectivity index (χ1v) is 9.52. The second-order valence-electron chi connectivity index (χ2n) is 7.15. The number of carbonyl (C=O) groups is 1. The Morgan fingerprint density at radius 2 is 1.88 bits per heavy atom. The van der Waals surface area contributed by atoms with Crippen LogP contribution in [0.25, 0.3) is 0 Å². The molecule has 0 aromatic heterocycles. The van der Waals surface area contributed by atoms with Gasteiger partial charge in [0.05, 0.1) is 10.8 Å². The molecular formula is C16H23FN2O4S. The lowest BCUT2D eigenvalue weighted by Gasteiger charge is -2.24. The summed E-state index contributed by atoms with van der Waals surface area (Å²) in [5.41, 5.74) is 4.54. The van der Waals surface area contributed by atoms with Gasteiger partial charge in [0.15, 0.2) is 9.84 Å². The first-order chi connectivity index (χ1) is 10.9. The van der Waals surface area contributed by atoms with Crippen molar-refractivity contribution in [2.75, 3.05) is 12.8 Å². The highest BCUT2D eigenvalue weighted by molar-refractivity contribution is 7.91. The maximum Gasteiger partial charge on any atom is 0.408 e. The largest absolute Gasteiger partial charge is 0.444 e. The molecule has 1 aliphatic carbocycles. The summed E-state index contributed by atoms with van der Waals surface area (Å²) in [6.07, 6.45) is 0.369. The molecule has 0 saturated heterocycles. The Bertz CT molecular complexity index is 727. The summed E-state index contributed by atoms with van der Waals surface area (Å²) in [7, 11) is -3.49. The summed E-state index contributed by atoms with van der Waals surface area (Å²) in [6, 6.07) is 5.52. The molecule has 0 unspecified atom stereocenters. The van der Waals surface area contributed by atoms with Gasteiger partial charge in [0.25, 0.3) is 0 Å². The van der Waals surface area contributed by atoms with Crippen molar-refractivity contribution in [2.45, 2.75) is 43.1 Å². The number of halogens is 1. The predicted molar refractivity (Wildman–Crippen MR) is 88.9 cm³/mol. The van der Waals surface area contributed by atoms with Crippen molar-refractivity contribution >= 4 is 15.9 Å². The van der Waals surface area contributed by atoms with Crippen LogP contribution in [0.2, 0.25) is 0 Å². The average Bonchev–Trinajstić information content (AvgIpc) is 3.06. The van der Waals surface area contributed by atoms with Gasteiger partial charge in [-0.05, 0) is 38.5 Å². The highest BCUT2D eigenvalue weighted by atomic mass is 32.2. The molecule has 3 atom stereocenters. The number of hydrogen-bond acceptors (Lipinski definition) is 5. The van der Waals surface area contributed by atoms with E-state index in [1.54, 1.807) is 20.8 Å². The molecule has 3 N–H and O–H groups in total. The van der Waals surface area contributed by atoms with Gasteiger partial charge in [0.2, 0.25) is 0 Å². The van der Waals surface area contributed by atoms with Crippen LogP contribution in [0.4, 0.5) is 9.18 Å². The zero-order valence-electron chi connectivity index (χ0n) is 14.2. The molecular weight excluding hydrogens is 335 g/mol. The Balaban J connectivity index is 2.34. The van der Waals surface area contributed by atoms with Gasteiger partial charge in [0.1, 0.15) is 11.4 Å². The molecule has 1 saturated carbocycles. The van der Waals surface area contributed by atoms with Crippen molar-refractivity contribution in [1.29, 1.82) is 0 Å². The van der Waals surface area contributed by atoms with E-state index in [2.05, 4.69) is 5.32 Å². The fraction of sp³-hybridized carbons (Fsp3) is 0.562. The third-order valence-corrected chi connectivity index (χ3v) is 5.63. The molecule has 0 spiro atoms. The molecule has 0 radical (unpaired) electrons. The van der Waals surface area contributed by atoms with E-state index >= 15 is 0 Å². The number of alkyl carbamates (subject to hydrolysis) is 1. The summed E-state index contributed by atoms with van der Waals surface area (Å²) in [5.74, 6) is -0.973. The number of nitrogens with one attached hydrogen (secondary N) is 1. The maximum atomic E-state index is 13.1. The van der Waals surface area contributed by atoms with E-state index in [1.165, 1.54) is 24.3 Å². The van der Waals surface area contributed by atoms with Crippen LogP contribution in [-0.4, -0.2) is 43.7 Å². The fourth-order valence-corrected chi connectivity index (χ4v) is 4.99. The maximum absolute atomic E-state index is 13.1. The lowest BCUT2D eigenvalue weighted by Crippen LogP contribution is -2.48. The van der Waals surface area contributed by atoms with E-state index in [1.807, 2.05) is 0 Å². The Morgan fingerprint density at radius 3 is 2.29 bits per heavy atom. The van der Waals surface area contributed by atoms with Crippen molar-refractivity contribution < 1.29 is 22.3 Å². The molecule has 24 heavy (non-hydrogen) atoms. The van der Waals surface area contributed by atoms with Crippen LogP contribution < -0.4 is 11.1 Å². The van der Waals surface area contributed by atoms with Crippen LogP contribution in [-0.2, 0) is 14.6 Å². The standard InChI is InChI=1S/C16H23FN2O4S/c1-15(2,3)23-14(20)19-16(9-18)12(13(16)24(4,21)22)10-5-7-11(17)8-6-10/h5-8,12-13H,9,18H2,1-4H3,(H,19,20)/t12-,13-,16+/m0/s1. The van der Waals surface area contributed by atoms with Crippen molar-refractivity contribution in [3.8, 4) is 0 Å². The summed E-state index contributed by atoms with van der Waals surface area (Å²) in [4.78, 5) is 12.1. The van der Waals surface area contributed by atoms with Gasteiger partial charge in [-0.3, -0.25) is 0 Å². The summed E-state index contributed by atoms with van der Waals surface area (Å²) in [5, 5.41) is 1.75. The molecule has 1 fully saturated rings. The van der Waals surface area contributed by atoms with Gasteiger partial charge in [-0.1, -0.05) is 12.1 Å². The quantitative estimate of drug-likeness (QED) is 0.851. The van der Waals surface area contributed by atoms with E-state index in [0.29, 0.717) is 5.56 Å². The average molecular weight is 358 g/mol. The Morgan fingerprint density at radius 1 is 1.33 bits per heavy atom. The number of nitrogens with two attached hydrogens (primary N) is 1. The van der Waals surface area contributed by atoms with Gasteiger partial charge in [-0.25, -0.2) is 17.6 Å². The van der Waals surface area contributed by atoms with Gasteiger partial charge in [-0.15, -0.1) is 0 Å². The van der Waals surface area contributed by atoms with Crippen LogP contribution in [0.3, 0.4) is 0 Å². The van der Waals surface area contributed by atoms with Crippen molar-refractivity contribution in [2.24, 2.45) is 5.73 Å². The zero-order chi connectivity index (χ0) is 18.3. The number of ether oxygens (including phenoxy) is 1. The molecule has 1 aromatic carbocycles. The number of sulfone groups is 1. The predicted octanol–water partition coefficient (Wildman–Crippen LogP) is 1.56. The SMILES string of the molecule is CC(C)(C)OC(=O)N[C@]1(CN)[C@@H](c2ccc(F)cc2)[C@@H]1S(C)(=O)=O. The first-order valence-electron chi connectivity index (χ1n) is 7.56. The number of carbonyl (C=O) groups excluding carboxylic acids is 1. The minimum absolute atomic E-state index is 0.0774. The van der Waals surface area contributed by atoms with Crippen LogP contribution in [0, 0.1) is 5.82 Å². The molecule has 8 heteroatoms. The van der Waals surface area contributed by atoms with Crippen molar-refractivity contribution in [1.82, 2.24) is 5.32 Å². The number of amides is 1. The van der Waals surface area contributed by atoms with E-state index in [9.17, 15) is 17.6 Å². The third-order valence-electron chi connectivity index (χ3n) is 4.02. The minimum atomic E-state index is -3.49. The Labute approximate surface area is 141 Å². The fourth-order valence-electron chi connectivity index (χ4n) is 3.11. The van der Waals surface area contributed by atoms with Crippen LogP contribution in [0.5, 0.6) is 0 Å². The molecule has 0 bridgehead atoms. The van der Waals surface area contributed by atoms with E-state index in [4.69, 9.17) is 10.5 Å². The number of hydrogen-bond donors (Lipinski definition) is 2. The zero-order valence-corrected chi connectivity index (χ0v) is 15.0.